The van der Waals surface area contributed by atoms with Gasteiger partial charge in [0.1, 0.15) is 6.54 Å². The van der Waals surface area contributed by atoms with Crippen molar-refractivity contribution in [1.29, 1.82) is 0 Å². The highest BCUT2D eigenvalue weighted by Gasteiger charge is 2.21. The van der Waals surface area contributed by atoms with E-state index in [-0.39, 0.29) is 18.5 Å². The molecule has 5 nitrogen and oxygen atoms in total. The van der Waals surface area contributed by atoms with Gasteiger partial charge in [-0.2, -0.15) is 0 Å². The minimum absolute atomic E-state index is 0.0970. The zero-order valence-electron chi connectivity index (χ0n) is 13.9. The molecule has 0 saturated carbocycles. The fourth-order valence-electron chi connectivity index (χ4n) is 3.10. The molecule has 2 aromatic rings. The van der Waals surface area contributed by atoms with Crippen LogP contribution >= 0.6 is 0 Å². The lowest BCUT2D eigenvalue weighted by Crippen LogP contribution is -2.53. The van der Waals surface area contributed by atoms with Crippen LogP contribution in [0.3, 0.4) is 0 Å². The van der Waals surface area contributed by atoms with Crippen LogP contribution in [-0.4, -0.2) is 43.0 Å². The van der Waals surface area contributed by atoms with Gasteiger partial charge in [0.05, 0.1) is 0 Å². The zero-order valence-corrected chi connectivity index (χ0v) is 13.9. The van der Waals surface area contributed by atoms with Crippen molar-refractivity contribution in [2.75, 3.05) is 26.2 Å². The summed E-state index contributed by atoms with van der Waals surface area (Å²) in [4.78, 5) is 25.1. The molecule has 2 aromatic carbocycles. The van der Waals surface area contributed by atoms with Crippen molar-refractivity contribution in [3.8, 4) is 0 Å². The molecular formula is C19H23N3O2. The van der Waals surface area contributed by atoms with Gasteiger partial charge in [0.15, 0.2) is 0 Å². The van der Waals surface area contributed by atoms with Crippen LogP contribution in [0.5, 0.6) is 0 Å². The van der Waals surface area contributed by atoms with Crippen molar-refractivity contribution < 1.29 is 9.59 Å². The van der Waals surface area contributed by atoms with E-state index in [0.717, 1.165) is 6.42 Å². The molecule has 3 rings (SSSR count). The zero-order chi connectivity index (χ0) is 16.9. The van der Waals surface area contributed by atoms with Crippen molar-refractivity contribution >= 4 is 22.7 Å². The van der Waals surface area contributed by atoms with Crippen molar-refractivity contribution in [3.05, 3.63) is 48.0 Å². The predicted molar refractivity (Wildman–Crippen MR) is 94.8 cm³/mol. The summed E-state index contributed by atoms with van der Waals surface area (Å²) in [6.07, 6.45) is 0.905. The first kappa shape index (κ1) is 16.3. The molecule has 2 N–H and O–H groups in total. The maximum atomic E-state index is 12.1. The fraction of sp³-hybridized carbons (Fsp3) is 0.368. The SMILES string of the molecule is C[C@H](CNC(=O)N1CCNC(=O)C1)Cc1cccc2ccccc12. The van der Waals surface area contributed by atoms with Crippen LogP contribution in [0, 0.1) is 5.92 Å². The van der Waals surface area contributed by atoms with Gasteiger partial charge in [0.2, 0.25) is 5.91 Å². The highest BCUT2D eigenvalue weighted by Crippen LogP contribution is 2.21. The van der Waals surface area contributed by atoms with Gasteiger partial charge in [-0.1, -0.05) is 49.4 Å². The molecule has 1 aliphatic rings. The van der Waals surface area contributed by atoms with Gasteiger partial charge in [-0.05, 0) is 28.7 Å². The molecule has 1 fully saturated rings. The molecule has 1 atom stereocenters. The number of carbonyl (C=O) groups excluding carboxylic acids is 2. The second kappa shape index (κ2) is 7.34. The van der Waals surface area contributed by atoms with Crippen LogP contribution in [0.4, 0.5) is 4.79 Å². The van der Waals surface area contributed by atoms with Crippen LogP contribution in [0.1, 0.15) is 12.5 Å². The van der Waals surface area contributed by atoms with Gasteiger partial charge >= 0.3 is 6.03 Å². The molecule has 1 aliphatic heterocycles. The lowest BCUT2D eigenvalue weighted by molar-refractivity contribution is -0.123. The van der Waals surface area contributed by atoms with E-state index in [9.17, 15) is 9.59 Å². The van der Waals surface area contributed by atoms with Crippen LogP contribution < -0.4 is 10.6 Å². The molecule has 1 saturated heterocycles. The monoisotopic (exact) mass is 325 g/mol. The average molecular weight is 325 g/mol. The van der Waals surface area contributed by atoms with E-state index < -0.39 is 0 Å². The van der Waals surface area contributed by atoms with E-state index in [2.05, 4.69) is 54.0 Å². The summed E-state index contributed by atoms with van der Waals surface area (Å²) < 4.78 is 0. The molecule has 0 spiro atoms. The summed E-state index contributed by atoms with van der Waals surface area (Å²) in [7, 11) is 0. The lowest BCUT2D eigenvalue weighted by Gasteiger charge is -2.27. The van der Waals surface area contributed by atoms with E-state index in [1.807, 2.05) is 6.07 Å². The smallest absolute Gasteiger partial charge is 0.317 e. The van der Waals surface area contributed by atoms with Crippen molar-refractivity contribution in [3.63, 3.8) is 0 Å². The first-order valence-corrected chi connectivity index (χ1v) is 8.39. The molecule has 0 radical (unpaired) electrons. The Labute approximate surface area is 142 Å². The molecule has 0 unspecified atom stereocenters. The first-order valence-electron chi connectivity index (χ1n) is 8.39. The quantitative estimate of drug-likeness (QED) is 0.905. The number of carbonyl (C=O) groups is 2. The minimum Gasteiger partial charge on any atom is -0.353 e. The largest absolute Gasteiger partial charge is 0.353 e. The number of amides is 3. The number of nitrogens with one attached hydrogen (secondary N) is 2. The van der Waals surface area contributed by atoms with Crippen LogP contribution in [0.25, 0.3) is 10.8 Å². The van der Waals surface area contributed by atoms with E-state index in [4.69, 9.17) is 0 Å². The van der Waals surface area contributed by atoms with Gasteiger partial charge in [-0.15, -0.1) is 0 Å². The van der Waals surface area contributed by atoms with Gasteiger partial charge < -0.3 is 15.5 Å². The highest BCUT2D eigenvalue weighted by molar-refractivity contribution is 5.86. The summed E-state index contributed by atoms with van der Waals surface area (Å²) in [5.41, 5.74) is 1.30. The summed E-state index contributed by atoms with van der Waals surface area (Å²) >= 11 is 0. The second-order valence-electron chi connectivity index (χ2n) is 6.41. The van der Waals surface area contributed by atoms with E-state index >= 15 is 0 Å². The molecule has 126 valence electrons. The Balaban J connectivity index is 1.56. The molecule has 0 bridgehead atoms. The van der Waals surface area contributed by atoms with Gasteiger partial charge in [0.25, 0.3) is 0 Å². The number of fused-ring (bicyclic) bond motifs is 1. The number of rotatable bonds is 4. The van der Waals surface area contributed by atoms with Crippen molar-refractivity contribution in [2.45, 2.75) is 13.3 Å². The molecule has 3 amide bonds. The maximum Gasteiger partial charge on any atom is 0.317 e. The highest BCUT2D eigenvalue weighted by atomic mass is 16.2. The van der Waals surface area contributed by atoms with Crippen LogP contribution in [0.15, 0.2) is 42.5 Å². The van der Waals surface area contributed by atoms with Gasteiger partial charge in [-0.3, -0.25) is 4.79 Å². The third kappa shape index (κ3) is 3.85. The Hall–Kier alpha value is -2.56. The summed E-state index contributed by atoms with van der Waals surface area (Å²) in [5.74, 6) is 0.221. The minimum atomic E-state index is -0.158. The number of hydrogen-bond acceptors (Lipinski definition) is 2. The van der Waals surface area contributed by atoms with Crippen molar-refractivity contribution in [1.82, 2.24) is 15.5 Å². The second-order valence-corrected chi connectivity index (χ2v) is 6.41. The Morgan fingerprint density at radius 1 is 1.25 bits per heavy atom. The number of hydrogen-bond donors (Lipinski definition) is 2. The average Bonchev–Trinajstić information content (AvgIpc) is 2.60. The molecule has 24 heavy (non-hydrogen) atoms. The van der Waals surface area contributed by atoms with Crippen LogP contribution in [0.2, 0.25) is 0 Å². The Morgan fingerprint density at radius 3 is 2.88 bits per heavy atom. The maximum absolute atomic E-state index is 12.1. The van der Waals surface area contributed by atoms with E-state index in [0.29, 0.717) is 25.6 Å². The standard InChI is InChI=1S/C19H23N3O2/c1-14(12-21-19(24)22-10-9-20-18(23)13-22)11-16-7-4-6-15-5-2-3-8-17(15)16/h2-8,14H,9-13H2,1H3,(H,20,23)(H,21,24)/t14-/m0/s1. The molecule has 1 heterocycles. The third-order valence-corrected chi connectivity index (χ3v) is 4.38. The number of benzene rings is 2. The molecule has 0 aliphatic carbocycles. The van der Waals surface area contributed by atoms with Gasteiger partial charge in [-0.25, -0.2) is 4.79 Å². The molecule has 0 aromatic heterocycles. The number of nitrogens with zero attached hydrogens (tertiary/aromatic N) is 1. The summed E-state index contributed by atoms with van der Waals surface area (Å²) in [6.45, 7) is 3.96. The third-order valence-electron chi connectivity index (χ3n) is 4.38. The Morgan fingerprint density at radius 2 is 2.04 bits per heavy atom. The Bertz CT molecular complexity index is 739. The molecular weight excluding hydrogens is 302 g/mol. The molecule has 5 heteroatoms. The lowest BCUT2D eigenvalue weighted by atomic mass is 9.96. The van der Waals surface area contributed by atoms with E-state index in [1.165, 1.54) is 16.3 Å². The van der Waals surface area contributed by atoms with Crippen LogP contribution in [-0.2, 0) is 11.2 Å². The number of piperazine rings is 1. The predicted octanol–water partition coefficient (Wildman–Crippen LogP) is 2.16. The number of urea groups is 1. The normalized spacial score (nSPS) is 15.9. The van der Waals surface area contributed by atoms with Crippen molar-refractivity contribution in [2.24, 2.45) is 5.92 Å². The Kier molecular flexibility index (Phi) is 4.99. The summed E-state index contributed by atoms with van der Waals surface area (Å²) in [6, 6.07) is 14.5. The van der Waals surface area contributed by atoms with E-state index in [1.54, 1.807) is 4.90 Å². The first-order chi connectivity index (χ1) is 11.6. The fourth-order valence-corrected chi connectivity index (χ4v) is 3.10. The topological polar surface area (TPSA) is 61.4 Å². The summed E-state index contributed by atoms with van der Waals surface area (Å²) in [5, 5.41) is 8.18. The van der Waals surface area contributed by atoms with Gasteiger partial charge in [0, 0.05) is 19.6 Å².